The Hall–Kier alpha value is -2.93. The molecule has 1 atom stereocenters. The molecule has 0 saturated heterocycles. The smallest absolute Gasteiger partial charge is 0.310 e. The van der Waals surface area contributed by atoms with Crippen molar-refractivity contribution < 1.29 is 28.6 Å². The predicted octanol–water partition coefficient (Wildman–Crippen LogP) is 4.46. The summed E-state index contributed by atoms with van der Waals surface area (Å²) < 4.78 is 28.8. The number of nitrogens with zero attached hydrogens (tertiary/aromatic N) is 1. The first-order chi connectivity index (χ1) is 12.6. The van der Waals surface area contributed by atoms with Gasteiger partial charge < -0.3 is 10.2 Å². The molecule has 0 aliphatic carbocycles. The Balaban J connectivity index is 2.33. The van der Waals surface area contributed by atoms with Gasteiger partial charge in [0.15, 0.2) is 11.6 Å². The highest BCUT2D eigenvalue weighted by atomic mass is 35.5. The Morgan fingerprint density at radius 1 is 1.15 bits per heavy atom. The largest absolute Gasteiger partial charge is 0.505 e. The fourth-order valence-electron chi connectivity index (χ4n) is 3.14. The van der Waals surface area contributed by atoms with Gasteiger partial charge in [0.1, 0.15) is 5.82 Å². The third kappa shape index (κ3) is 3.04. The highest BCUT2D eigenvalue weighted by molar-refractivity contribution is 6.30. The van der Waals surface area contributed by atoms with E-state index in [1.54, 1.807) is 0 Å². The first-order valence-electron chi connectivity index (χ1n) is 7.89. The zero-order chi connectivity index (χ0) is 20.0. The first-order valence-corrected chi connectivity index (χ1v) is 8.27. The number of aliphatic carboxylic acids is 1. The van der Waals surface area contributed by atoms with E-state index >= 15 is 0 Å². The van der Waals surface area contributed by atoms with Crippen molar-refractivity contribution >= 4 is 34.4 Å². The van der Waals surface area contributed by atoms with Gasteiger partial charge in [-0.2, -0.15) is 0 Å². The SMILES string of the molecule is Cc1c(C(C)C(=O)O)c2cc(O)c(F)cc2n1C(=O)c1ccc(Cl)c(F)c1. The van der Waals surface area contributed by atoms with Crippen LogP contribution in [0.4, 0.5) is 8.78 Å². The van der Waals surface area contributed by atoms with Crippen molar-refractivity contribution in [1.29, 1.82) is 0 Å². The molecule has 1 unspecified atom stereocenters. The normalized spacial score (nSPS) is 12.3. The lowest BCUT2D eigenvalue weighted by atomic mass is 9.98. The Morgan fingerprint density at radius 3 is 2.41 bits per heavy atom. The fourth-order valence-corrected chi connectivity index (χ4v) is 3.26. The Morgan fingerprint density at radius 2 is 1.81 bits per heavy atom. The molecular formula is C19H14ClF2NO4. The number of aromatic hydroxyl groups is 1. The molecule has 2 N–H and O–H groups in total. The third-order valence-electron chi connectivity index (χ3n) is 4.49. The highest BCUT2D eigenvalue weighted by Gasteiger charge is 2.27. The molecule has 1 aromatic heterocycles. The van der Waals surface area contributed by atoms with Gasteiger partial charge in [-0.3, -0.25) is 14.2 Å². The maximum Gasteiger partial charge on any atom is 0.310 e. The minimum atomic E-state index is -1.15. The molecule has 8 heteroatoms. The van der Waals surface area contributed by atoms with Crippen molar-refractivity contribution in [3.63, 3.8) is 0 Å². The van der Waals surface area contributed by atoms with Gasteiger partial charge in [0.2, 0.25) is 0 Å². The lowest BCUT2D eigenvalue weighted by Gasteiger charge is -2.10. The van der Waals surface area contributed by atoms with Gasteiger partial charge in [-0.25, -0.2) is 8.78 Å². The Kier molecular flexibility index (Phi) is 4.65. The average molecular weight is 394 g/mol. The molecule has 0 saturated carbocycles. The number of benzene rings is 2. The molecule has 3 rings (SSSR count). The number of carboxylic acid groups (broad SMARTS) is 1. The zero-order valence-corrected chi connectivity index (χ0v) is 15.0. The predicted molar refractivity (Wildman–Crippen MR) is 95.5 cm³/mol. The van der Waals surface area contributed by atoms with Crippen LogP contribution in [0.3, 0.4) is 0 Å². The van der Waals surface area contributed by atoms with Gasteiger partial charge in [0.05, 0.1) is 16.5 Å². The lowest BCUT2D eigenvalue weighted by Crippen LogP contribution is -2.15. The van der Waals surface area contributed by atoms with Crippen molar-refractivity contribution in [3.05, 3.63) is 63.8 Å². The molecule has 0 fully saturated rings. The molecule has 27 heavy (non-hydrogen) atoms. The molecule has 2 aromatic carbocycles. The van der Waals surface area contributed by atoms with Crippen molar-refractivity contribution in [2.45, 2.75) is 19.8 Å². The van der Waals surface area contributed by atoms with Crippen LogP contribution >= 0.6 is 11.6 Å². The molecule has 0 amide bonds. The van der Waals surface area contributed by atoms with Crippen LogP contribution in [-0.4, -0.2) is 26.7 Å². The van der Waals surface area contributed by atoms with Gasteiger partial charge in [-0.1, -0.05) is 11.6 Å². The van der Waals surface area contributed by atoms with Crippen molar-refractivity contribution in [2.24, 2.45) is 0 Å². The van der Waals surface area contributed by atoms with Crippen LogP contribution in [0.1, 0.15) is 34.5 Å². The lowest BCUT2D eigenvalue weighted by molar-refractivity contribution is -0.138. The van der Waals surface area contributed by atoms with Crippen LogP contribution in [0.25, 0.3) is 10.9 Å². The topological polar surface area (TPSA) is 79.5 Å². The van der Waals surface area contributed by atoms with E-state index in [0.717, 1.165) is 22.8 Å². The number of phenols is 1. The van der Waals surface area contributed by atoms with Crippen molar-refractivity contribution in [1.82, 2.24) is 4.57 Å². The monoisotopic (exact) mass is 393 g/mol. The number of phenolic OH excluding ortho intramolecular Hbond substituents is 1. The molecule has 3 aromatic rings. The molecule has 1 heterocycles. The molecular weight excluding hydrogens is 380 g/mol. The zero-order valence-electron chi connectivity index (χ0n) is 14.3. The van der Waals surface area contributed by atoms with Crippen LogP contribution < -0.4 is 0 Å². The summed E-state index contributed by atoms with van der Waals surface area (Å²) >= 11 is 5.64. The van der Waals surface area contributed by atoms with Crippen molar-refractivity contribution in [2.75, 3.05) is 0 Å². The fraction of sp³-hybridized carbons (Fsp3) is 0.158. The summed E-state index contributed by atoms with van der Waals surface area (Å²) in [6.45, 7) is 2.93. The number of carbonyl (C=O) groups is 2. The summed E-state index contributed by atoms with van der Waals surface area (Å²) in [5.41, 5.74) is 0.548. The van der Waals surface area contributed by atoms with E-state index in [9.17, 15) is 28.6 Å². The minimum Gasteiger partial charge on any atom is -0.505 e. The molecule has 0 spiro atoms. The summed E-state index contributed by atoms with van der Waals surface area (Å²) in [4.78, 5) is 24.5. The maximum atomic E-state index is 13.9. The Labute approximate surface area is 157 Å². The van der Waals surface area contributed by atoms with Gasteiger partial charge >= 0.3 is 5.97 Å². The summed E-state index contributed by atoms with van der Waals surface area (Å²) in [7, 11) is 0. The number of hydrogen-bond donors (Lipinski definition) is 2. The number of hydrogen-bond acceptors (Lipinski definition) is 3. The van der Waals surface area contributed by atoms with Gasteiger partial charge in [0.25, 0.3) is 5.91 Å². The second kappa shape index (κ2) is 6.66. The van der Waals surface area contributed by atoms with E-state index in [0.29, 0.717) is 0 Å². The summed E-state index contributed by atoms with van der Waals surface area (Å²) in [5, 5.41) is 19.2. The van der Waals surface area contributed by atoms with E-state index in [1.807, 2.05) is 0 Å². The third-order valence-corrected chi connectivity index (χ3v) is 4.80. The molecule has 0 aliphatic rings. The van der Waals surface area contributed by atoms with Crippen molar-refractivity contribution in [3.8, 4) is 5.75 Å². The molecule has 0 bridgehead atoms. The van der Waals surface area contributed by atoms with Gasteiger partial charge in [0, 0.05) is 22.7 Å². The first kappa shape index (κ1) is 18.8. The molecule has 0 aliphatic heterocycles. The standard InChI is InChI=1S/C19H14ClF2NO4/c1-8(19(26)27)17-9(2)23(15-7-14(22)16(24)6-11(15)17)18(25)10-3-4-12(20)13(21)5-10/h3-8,24H,1-2H3,(H,26,27). The number of fused-ring (bicyclic) bond motifs is 1. The quantitative estimate of drug-likeness (QED) is 0.688. The summed E-state index contributed by atoms with van der Waals surface area (Å²) in [5.74, 6) is -5.27. The second-order valence-electron chi connectivity index (χ2n) is 6.15. The maximum absolute atomic E-state index is 13.9. The summed E-state index contributed by atoms with van der Waals surface area (Å²) in [6.07, 6.45) is 0. The average Bonchev–Trinajstić information content (AvgIpc) is 2.87. The van der Waals surface area contributed by atoms with E-state index in [4.69, 9.17) is 11.6 Å². The summed E-state index contributed by atoms with van der Waals surface area (Å²) in [6, 6.07) is 5.51. The van der Waals surface area contributed by atoms with Crippen LogP contribution in [0.15, 0.2) is 30.3 Å². The molecule has 140 valence electrons. The number of carbonyl (C=O) groups excluding carboxylic acids is 1. The molecule has 5 nitrogen and oxygen atoms in total. The van der Waals surface area contributed by atoms with Crippen LogP contribution in [0.5, 0.6) is 5.75 Å². The van der Waals surface area contributed by atoms with Crippen LogP contribution in [0, 0.1) is 18.6 Å². The van der Waals surface area contributed by atoms with Crippen LogP contribution in [-0.2, 0) is 4.79 Å². The van der Waals surface area contributed by atoms with Crippen LogP contribution in [0.2, 0.25) is 5.02 Å². The number of rotatable bonds is 3. The number of carboxylic acids is 1. The van der Waals surface area contributed by atoms with E-state index in [1.165, 1.54) is 26.0 Å². The van der Waals surface area contributed by atoms with Gasteiger partial charge in [-0.05, 0) is 43.7 Å². The van der Waals surface area contributed by atoms with E-state index in [2.05, 4.69) is 0 Å². The molecule has 0 radical (unpaired) electrons. The highest BCUT2D eigenvalue weighted by Crippen LogP contribution is 2.36. The minimum absolute atomic E-state index is 0.0417. The number of halogens is 3. The van der Waals surface area contributed by atoms with E-state index < -0.39 is 35.2 Å². The van der Waals surface area contributed by atoms with Gasteiger partial charge in [-0.15, -0.1) is 0 Å². The second-order valence-corrected chi connectivity index (χ2v) is 6.56. The van der Waals surface area contributed by atoms with E-state index in [-0.39, 0.29) is 32.7 Å². The number of aromatic nitrogens is 1. The Bertz CT molecular complexity index is 1110.